The Kier molecular flexibility index (Phi) is 6.20. The van der Waals surface area contributed by atoms with Crippen molar-refractivity contribution in [1.29, 1.82) is 0 Å². The first-order valence-electron chi connectivity index (χ1n) is 10.6. The molecule has 1 aromatic carbocycles. The lowest BCUT2D eigenvalue weighted by molar-refractivity contribution is 0.194. The van der Waals surface area contributed by atoms with Gasteiger partial charge in [-0.25, -0.2) is 0 Å². The predicted molar refractivity (Wildman–Crippen MR) is 107 cm³/mol. The zero-order valence-corrected chi connectivity index (χ0v) is 16.6. The van der Waals surface area contributed by atoms with Crippen molar-refractivity contribution in [3.63, 3.8) is 0 Å². The first kappa shape index (κ1) is 18.6. The van der Waals surface area contributed by atoms with E-state index in [1.807, 2.05) is 12.1 Å². The van der Waals surface area contributed by atoms with Gasteiger partial charge in [0.15, 0.2) is 0 Å². The minimum Gasteiger partial charge on any atom is -0.338 e. The lowest BCUT2D eigenvalue weighted by Crippen LogP contribution is -2.34. The first-order chi connectivity index (χ1) is 13.3. The Hall–Kier alpha value is -1.72. The van der Waals surface area contributed by atoms with Gasteiger partial charge in [0, 0.05) is 25.2 Å². The summed E-state index contributed by atoms with van der Waals surface area (Å²) in [5.41, 5.74) is 2.24. The number of nitrogens with zero attached hydrogens (tertiary/aromatic N) is 4. The standard InChI is InChI=1S/C22H32N4O/c1-18-8-5-6-11-20(18)22-23-21(27-24-22)17-26-13-7-12-25(14-15-26)16-19-9-3-2-4-10-19/h5-6,8,11,19H,2-4,7,9-10,12-17H2,1H3. The van der Waals surface area contributed by atoms with Crippen LogP contribution in [0, 0.1) is 12.8 Å². The molecule has 5 nitrogen and oxygen atoms in total. The van der Waals surface area contributed by atoms with Crippen molar-refractivity contribution < 1.29 is 4.52 Å². The largest absolute Gasteiger partial charge is 0.338 e. The fourth-order valence-electron chi connectivity index (χ4n) is 4.54. The summed E-state index contributed by atoms with van der Waals surface area (Å²) in [6, 6.07) is 8.20. The Balaban J connectivity index is 1.31. The van der Waals surface area contributed by atoms with Crippen LogP contribution in [0.15, 0.2) is 28.8 Å². The normalized spacial score (nSPS) is 20.6. The number of aromatic nitrogens is 2. The molecule has 1 aromatic heterocycles. The molecule has 0 amide bonds. The lowest BCUT2D eigenvalue weighted by Gasteiger charge is -2.28. The molecular weight excluding hydrogens is 336 g/mol. The maximum absolute atomic E-state index is 5.55. The topological polar surface area (TPSA) is 45.4 Å². The Morgan fingerprint density at radius 1 is 0.963 bits per heavy atom. The minimum absolute atomic E-state index is 0.705. The smallest absolute Gasteiger partial charge is 0.241 e. The van der Waals surface area contributed by atoms with Crippen LogP contribution in [0.1, 0.15) is 50.0 Å². The molecule has 2 aliphatic rings. The monoisotopic (exact) mass is 368 g/mol. The van der Waals surface area contributed by atoms with E-state index in [-0.39, 0.29) is 0 Å². The molecule has 1 saturated heterocycles. The van der Waals surface area contributed by atoms with E-state index >= 15 is 0 Å². The number of benzene rings is 1. The Bertz CT molecular complexity index is 723. The number of rotatable bonds is 5. The summed E-state index contributed by atoms with van der Waals surface area (Å²) in [6.07, 6.45) is 8.41. The van der Waals surface area contributed by atoms with E-state index in [1.165, 1.54) is 57.2 Å². The predicted octanol–water partition coefficient (Wildman–Crippen LogP) is 4.13. The Labute approximate surface area is 162 Å². The van der Waals surface area contributed by atoms with Crippen LogP contribution >= 0.6 is 0 Å². The van der Waals surface area contributed by atoms with Gasteiger partial charge in [0.25, 0.3) is 0 Å². The van der Waals surface area contributed by atoms with Crippen LogP contribution in [0.4, 0.5) is 0 Å². The van der Waals surface area contributed by atoms with Crippen molar-refractivity contribution >= 4 is 0 Å². The molecule has 2 fully saturated rings. The number of hydrogen-bond donors (Lipinski definition) is 0. The van der Waals surface area contributed by atoms with Gasteiger partial charge in [-0.2, -0.15) is 4.98 Å². The molecule has 0 bridgehead atoms. The van der Waals surface area contributed by atoms with Gasteiger partial charge in [0.1, 0.15) is 0 Å². The molecule has 0 spiro atoms. The highest BCUT2D eigenvalue weighted by Gasteiger charge is 2.21. The molecule has 146 valence electrons. The first-order valence-corrected chi connectivity index (χ1v) is 10.6. The molecule has 0 radical (unpaired) electrons. The van der Waals surface area contributed by atoms with Gasteiger partial charge < -0.3 is 9.42 Å². The molecule has 2 aromatic rings. The summed E-state index contributed by atoms with van der Waals surface area (Å²) in [5.74, 6) is 2.36. The van der Waals surface area contributed by atoms with Crippen molar-refractivity contribution in [2.24, 2.45) is 5.92 Å². The highest BCUT2D eigenvalue weighted by atomic mass is 16.5. The summed E-state index contributed by atoms with van der Waals surface area (Å²) in [4.78, 5) is 9.80. The summed E-state index contributed by atoms with van der Waals surface area (Å²) in [5, 5.41) is 4.21. The molecule has 27 heavy (non-hydrogen) atoms. The van der Waals surface area contributed by atoms with E-state index < -0.39 is 0 Å². The third-order valence-electron chi connectivity index (χ3n) is 6.14. The Morgan fingerprint density at radius 3 is 2.59 bits per heavy atom. The van der Waals surface area contributed by atoms with Crippen molar-refractivity contribution in [3.05, 3.63) is 35.7 Å². The van der Waals surface area contributed by atoms with E-state index in [1.54, 1.807) is 0 Å². The van der Waals surface area contributed by atoms with Gasteiger partial charge in [0.05, 0.1) is 6.54 Å². The third-order valence-corrected chi connectivity index (χ3v) is 6.14. The molecule has 0 atom stereocenters. The van der Waals surface area contributed by atoms with Gasteiger partial charge in [-0.1, -0.05) is 48.7 Å². The van der Waals surface area contributed by atoms with E-state index in [9.17, 15) is 0 Å². The van der Waals surface area contributed by atoms with Gasteiger partial charge >= 0.3 is 0 Å². The second kappa shape index (κ2) is 8.98. The third kappa shape index (κ3) is 4.96. The van der Waals surface area contributed by atoms with Crippen LogP contribution in [0.3, 0.4) is 0 Å². The van der Waals surface area contributed by atoms with Crippen LogP contribution in [-0.4, -0.2) is 52.7 Å². The molecule has 4 rings (SSSR count). The van der Waals surface area contributed by atoms with E-state index in [0.29, 0.717) is 5.82 Å². The molecular formula is C22H32N4O. The van der Waals surface area contributed by atoms with Gasteiger partial charge in [0.2, 0.25) is 11.7 Å². The summed E-state index contributed by atoms with van der Waals surface area (Å²) in [6.45, 7) is 8.74. The van der Waals surface area contributed by atoms with Crippen molar-refractivity contribution in [2.45, 2.75) is 52.0 Å². The lowest BCUT2D eigenvalue weighted by atomic mass is 9.89. The summed E-state index contributed by atoms with van der Waals surface area (Å²) < 4.78 is 5.55. The molecule has 0 N–H and O–H groups in total. The van der Waals surface area contributed by atoms with Gasteiger partial charge in [-0.15, -0.1) is 0 Å². The van der Waals surface area contributed by atoms with Crippen LogP contribution < -0.4 is 0 Å². The molecule has 2 heterocycles. The van der Waals surface area contributed by atoms with E-state index in [0.717, 1.165) is 43.6 Å². The number of hydrogen-bond acceptors (Lipinski definition) is 5. The zero-order valence-electron chi connectivity index (χ0n) is 16.6. The molecule has 1 saturated carbocycles. The quantitative estimate of drug-likeness (QED) is 0.794. The van der Waals surface area contributed by atoms with Gasteiger partial charge in [-0.05, 0) is 50.8 Å². The maximum atomic E-state index is 5.55. The van der Waals surface area contributed by atoms with Crippen molar-refractivity contribution in [2.75, 3.05) is 32.7 Å². The average Bonchev–Trinajstić information content (AvgIpc) is 3.04. The second-order valence-corrected chi connectivity index (χ2v) is 8.26. The highest BCUT2D eigenvalue weighted by Crippen LogP contribution is 2.25. The summed E-state index contributed by atoms with van der Waals surface area (Å²) in [7, 11) is 0. The molecule has 1 aliphatic carbocycles. The maximum Gasteiger partial charge on any atom is 0.241 e. The van der Waals surface area contributed by atoms with Crippen LogP contribution in [0.5, 0.6) is 0 Å². The Morgan fingerprint density at radius 2 is 1.74 bits per heavy atom. The van der Waals surface area contributed by atoms with Gasteiger partial charge in [-0.3, -0.25) is 4.90 Å². The zero-order chi connectivity index (χ0) is 18.5. The fraction of sp³-hybridized carbons (Fsp3) is 0.636. The summed E-state index contributed by atoms with van der Waals surface area (Å²) >= 11 is 0. The van der Waals surface area contributed by atoms with Crippen LogP contribution in [0.25, 0.3) is 11.4 Å². The average molecular weight is 369 g/mol. The van der Waals surface area contributed by atoms with E-state index in [4.69, 9.17) is 4.52 Å². The van der Waals surface area contributed by atoms with Crippen molar-refractivity contribution in [1.82, 2.24) is 19.9 Å². The fourth-order valence-corrected chi connectivity index (χ4v) is 4.54. The van der Waals surface area contributed by atoms with Crippen LogP contribution in [0.2, 0.25) is 0 Å². The van der Waals surface area contributed by atoms with Crippen molar-refractivity contribution in [3.8, 4) is 11.4 Å². The molecule has 1 aliphatic heterocycles. The number of aryl methyl sites for hydroxylation is 1. The molecule has 5 heteroatoms. The molecule has 0 unspecified atom stereocenters. The van der Waals surface area contributed by atoms with Crippen LogP contribution in [-0.2, 0) is 6.54 Å². The minimum atomic E-state index is 0.705. The van der Waals surface area contributed by atoms with E-state index in [2.05, 4.69) is 39.0 Å². The highest BCUT2D eigenvalue weighted by molar-refractivity contribution is 5.58. The SMILES string of the molecule is Cc1ccccc1-c1noc(CN2CCCN(CC3CCCCC3)CC2)n1. The second-order valence-electron chi connectivity index (χ2n) is 8.26.